The Kier molecular flexibility index (Phi) is 3.10. The van der Waals surface area contributed by atoms with Gasteiger partial charge < -0.3 is 14.4 Å². The molecule has 3 atom stereocenters. The summed E-state index contributed by atoms with van der Waals surface area (Å²) in [6.07, 6.45) is -0.471. The van der Waals surface area contributed by atoms with E-state index in [1.54, 1.807) is 4.90 Å². The van der Waals surface area contributed by atoms with Crippen molar-refractivity contribution < 1.29 is 19.1 Å². The molecule has 2 heterocycles. The van der Waals surface area contributed by atoms with Crippen LogP contribution in [0.4, 0.5) is 4.79 Å². The molecule has 2 rings (SSSR count). The lowest BCUT2D eigenvalue weighted by Crippen LogP contribution is -2.62. The van der Waals surface area contributed by atoms with Crippen molar-refractivity contribution in [2.24, 2.45) is 5.92 Å². The smallest absolute Gasteiger partial charge is 0.410 e. The molecule has 0 spiro atoms. The molecule has 0 aliphatic carbocycles. The van der Waals surface area contributed by atoms with Crippen LogP contribution in [0.15, 0.2) is 0 Å². The van der Waals surface area contributed by atoms with Crippen LogP contribution < -0.4 is 0 Å². The van der Waals surface area contributed by atoms with Crippen molar-refractivity contribution in [2.45, 2.75) is 37.3 Å². The summed E-state index contributed by atoms with van der Waals surface area (Å²) < 4.78 is 10.3. The number of likely N-dealkylation sites (tertiary alicyclic amines) is 1. The summed E-state index contributed by atoms with van der Waals surface area (Å²) in [7, 11) is 0. The highest BCUT2D eigenvalue weighted by Gasteiger charge is 2.51. The largest absolute Gasteiger partial charge is 0.460 e. The van der Waals surface area contributed by atoms with E-state index in [0.29, 0.717) is 13.1 Å². The quantitative estimate of drug-likeness (QED) is 0.503. The summed E-state index contributed by atoms with van der Waals surface area (Å²) >= 11 is 3.43. The number of amides is 1. The molecular formula is C11H16BrNO4. The molecule has 0 radical (unpaired) electrons. The molecule has 0 aromatic heterocycles. The molecule has 0 unspecified atom stereocenters. The van der Waals surface area contributed by atoms with Crippen LogP contribution in [-0.2, 0) is 14.3 Å². The van der Waals surface area contributed by atoms with Crippen molar-refractivity contribution in [2.75, 3.05) is 13.1 Å². The Morgan fingerprint density at radius 1 is 1.47 bits per heavy atom. The molecule has 5 nitrogen and oxygen atoms in total. The molecular weight excluding hydrogens is 290 g/mol. The Labute approximate surface area is 109 Å². The van der Waals surface area contributed by atoms with E-state index in [4.69, 9.17) is 9.47 Å². The number of fused-ring (bicyclic) bond motifs is 1. The number of halogens is 1. The van der Waals surface area contributed by atoms with E-state index in [0.717, 1.165) is 0 Å². The number of nitrogens with zero attached hydrogens (tertiary/aromatic N) is 1. The number of alkyl halides is 1. The van der Waals surface area contributed by atoms with Crippen molar-refractivity contribution in [3.05, 3.63) is 0 Å². The first kappa shape index (κ1) is 12.7. The van der Waals surface area contributed by atoms with Gasteiger partial charge in [-0.05, 0) is 20.8 Å². The van der Waals surface area contributed by atoms with Crippen LogP contribution in [0.3, 0.4) is 0 Å². The van der Waals surface area contributed by atoms with Crippen molar-refractivity contribution in [1.29, 1.82) is 0 Å². The topological polar surface area (TPSA) is 55.8 Å². The molecule has 96 valence electrons. The van der Waals surface area contributed by atoms with Gasteiger partial charge in [0.15, 0.2) is 0 Å². The van der Waals surface area contributed by atoms with E-state index < -0.39 is 5.60 Å². The molecule has 2 aliphatic rings. The van der Waals surface area contributed by atoms with Gasteiger partial charge in [-0.2, -0.15) is 0 Å². The predicted octanol–water partition coefficient (Wildman–Crippen LogP) is 1.54. The molecule has 2 saturated heterocycles. The maximum Gasteiger partial charge on any atom is 0.410 e. The number of piperidine rings is 1. The molecule has 0 saturated carbocycles. The summed E-state index contributed by atoms with van der Waals surface area (Å²) in [6.45, 7) is 6.35. The molecule has 0 N–H and O–H groups in total. The van der Waals surface area contributed by atoms with Crippen LogP contribution in [-0.4, -0.2) is 46.6 Å². The number of carbonyl (C=O) groups is 2. The summed E-state index contributed by atoms with van der Waals surface area (Å²) in [5, 5.41) is 0. The van der Waals surface area contributed by atoms with Gasteiger partial charge in [0.05, 0.1) is 4.83 Å². The van der Waals surface area contributed by atoms with Crippen molar-refractivity contribution in [1.82, 2.24) is 4.90 Å². The third-order valence-electron chi connectivity index (χ3n) is 2.77. The predicted molar refractivity (Wildman–Crippen MR) is 63.9 cm³/mol. The lowest BCUT2D eigenvalue weighted by atomic mass is 9.90. The van der Waals surface area contributed by atoms with Gasteiger partial charge in [-0.1, -0.05) is 15.9 Å². The van der Waals surface area contributed by atoms with E-state index in [1.807, 2.05) is 20.8 Å². The fourth-order valence-corrected chi connectivity index (χ4v) is 2.80. The van der Waals surface area contributed by atoms with Gasteiger partial charge in [0.1, 0.15) is 17.6 Å². The van der Waals surface area contributed by atoms with Gasteiger partial charge in [0.25, 0.3) is 0 Å². The summed E-state index contributed by atoms with van der Waals surface area (Å²) in [4.78, 5) is 24.7. The second kappa shape index (κ2) is 4.15. The van der Waals surface area contributed by atoms with E-state index in [9.17, 15) is 9.59 Å². The number of esters is 1. The molecule has 17 heavy (non-hydrogen) atoms. The van der Waals surface area contributed by atoms with Gasteiger partial charge in [-0.15, -0.1) is 0 Å². The van der Waals surface area contributed by atoms with Crippen LogP contribution in [0.5, 0.6) is 0 Å². The average molecular weight is 306 g/mol. The molecule has 0 bridgehead atoms. The Bertz CT molecular complexity index is 352. The fourth-order valence-electron chi connectivity index (χ4n) is 1.97. The van der Waals surface area contributed by atoms with Crippen molar-refractivity contribution in [3.63, 3.8) is 0 Å². The second-order valence-electron chi connectivity index (χ2n) is 5.41. The molecule has 2 aliphatic heterocycles. The Balaban J connectivity index is 1.98. The third kappa shape index (κ3) is 2.56. The number of hydrogen-bond donors (Lipinski definition) is 0. The van der Waals surface area contributed by atoms with Crippen molar-refractivity contribution in [3.8, 4) is 0 Å². The molecule has 2 fully saturated rings. The SMILES string of the molecule is CC(C)(C)OC(=O)N1C[C@@H]2C(=O)O[C@@H]2[C@@H](Br)C1. The fraction of sp³-hybridized carbons (Fsp3) is 0.818. The number of carbonyl (C=O) groups excluding carboxylic acids is 2. The van der Waals surface area contributed by atoms with Gasteiger partial charge in [-0.25, -0.2) is 4.79 Å². The van der Waals surface area contributed by atoms with E-state index in [-0.39, 0.29) is 28.9 Å². The van der Waals surface area contributed by atoms with Gasteiger partial charge in [-0.3, -0.25) is 4.79 Å². The Morgan fingerprint density at radius 2 is 2.12 bits per heavy atom. The number of hydrogen-bond acceptors (Lipinski definition) is 4. The summed E-state index contributed by atoms with van der Waals surface area (Å²) in [5.74, 6) is -0.437. The van der Waals surface area contributed by atoms with Crippen LogP contribution in [0.1, 0.15) is 20.8 Å². The highest BCUT2D eigenvalue weighted by atomic mass is 79.9. The molecule has 6 heteroatoms. The monoisotopic (exact) mass is 305 g/mol. The van der Waals surface area contributed by atoms with Gasteiger partial charge in [0.2, 0.25) is 0 Å². The second-order valence-corrected chi connectivity index (χ2v) is 6.59. The zero-order valence-electron chi connectivity index (χ0n) is 10.1. The molecule has 1 amide bonds. The zero-order chi connectivity index (χ0) is 12.8. The maximum absolute atomic E-state index is 11.9. The standard InChI is InChI=1S/C11H16BrNO4/c1-11(2,3)17-10(15)13-4-6-8(7(12)5-13)16-9(6)14/h6-8H,4-5H2,1-3H3/t6-,7-,8-/m0/s1. The summed E-state index contributed by atoms with van der Waals surface area (Å²) in [6, 6.07) is 0. The Morgan fingerprint density at radius 3 is 2.65 bits per heavy atom. The minimum Gasteiger partial charge on any atom is -0.460 e. The maximum atomic E-state index is 11.9. The van der Waals surface area contributed by atoms with Gasteiger partial charge in [0, 0.05) is 13.1 Å². The lowest BCUT2D eigenvalue weighted by molar-refractivity contribution is -0.190. The van der Waals surface area contributed by atoms with Crippen LogP contribution in [0.2, 0.25) is 0 Å². The van der Waals surface area contributed by atoms with E-state index in [1.165, 1.54) is 0 Å². The van der Waals surface area contributed by atoms with E-state index in [2.05, 4.69) is 15.9 Å². The summed E-state index contributed by atoms with van der Waals surface area (Å²) in [5.41, 5.74) is -0.518. The first-order valence-corrected chi connectivity index (χ1v) is 6.52. The van der Waals surface area contributed by atoms with E-state index >= 15 is 0 Å². The number of rotatable bonds is 0. The van der Waals surface area contributed by atoms with Crippen LogP contribution in [0.25, 0.3) is 0 Å². The van der Waals surface area contributed by atoms with Crippen LogP contribution in [0, 0.1) is 5.92 Å². The molecule has 0 aromatic carbocycles. The van der Waals surface area contributed by atoms with Crippen LogP contribution >= 0.6 is 15.9 Å². The number of ether oxygens (including phenoxy) is 2. The highest BCUT2D eigenvalue weighted by molar-refractivity contribution is 9.09. The van der Waals surface area contributed by atoms with Crippen molar-refractivity contribution >= 4 is 28.0 Å². The molecule has 0 aromatic rings. The first-order chi connectivity index (χ1) is 7.78. The highest BCUT2D eigenvalue weighted by Crippen LogP contribution is 2.34. The van der Waals surface area contributed by atoms with Gasteiger partial charge >= 0.3 is 12.1 Å². The first-order valence-electron chi connectivity index (χ1n) is 5.60. The Hall–Kier alpha value is -0.780. The minimum absolute atomic E-state index is 0.00790. The average Bonchev–Trinajstić information content (AvgIpc) is 2.16. The lowest BCUT2D eigenvalue weighted by Gasteiger charge is -2.46. The third-order valence-corrected chi connectivity index (χ3v) is 3.58. The normalized spacial score (nSPS) is 32.4. The minimum atomic E-state index is -0.518. The zero-order valence-corrected chi connectivity index (χ0v) is 11.7.